The molecule has 3 atom stereocenters. The summed E-state index contributed by atoms with van der Waals surface area (Å²) < 4.78 is 31.6. The molecule has 2 amide bonds. The summed E-state index contributed by atoms with van der Waals surface area (Å²) >= 11 is 0. The number of hydrogen-bond acceptors (Lipinski definition) is 5. The summed E-state index contributed by atoms with van der Waals surface area (Å²) in [7, 11) is -1.63. The number of carbonyl (C=O) groups excluding carboxylic acids is 2. The highest BCUT2D eigenvalue weighted by atomic mass is 32.2. The highest BCUT2D eigenvalue weighted by Gasteiger charge is 2.45. The van der Waals surface area contributed by atoms with Gasteiger partial charge in [-0.2, -0.15) is 0 Å². The van der Waals surface area contributed by atoms with Crippen molar-refractivity contribution in [2.75, 3.05) is 31.3 Å². The van der Waals surface area contributed by atoms with Crippen molar-refractivity contribution in [3.8, 4) is 0 Å². The first-order valence-corrected chi connectivity index (χ1v) is 11.0. The Morgan fingerprint density at radius 3 is 2.70 bits per heavy atom. The molecule has 9 heteroatoms. The van der Waals surface area contributed by atoms with Gasteiger partial charge in [0.25, 0.3) is 5.91 Å². The number of nitrogens with one attached hydrogen (secondary N) is 1. The van der Waals surface area contributed by atoms with E-state index in [1.54, 1.807) is 22.7 Å². The largest absolute Gasteiger partial charge is 0.379 e. The van der Waals surface area contributed by atoms with Gasteiger partial charge in [0.05, 0.1) is 36.1 Å². The summed E-state index contributed by atoms with van der Waals surface area (Å²) in [5.41, 5.74) is 1.28. The van der Waals surface area contributed by atoms with E-state index in [0.29, 0.717) is 25.5 Å². The van der Waals surface area contributed by atoms with Gasteiger partial charge in [0.15, 0.2) is 9.84 Å². The van der Waals surface area contributed by atoms with Gasteiger partial charge in [-0.15, -0.1) is 0 Å². The van der Waals surface area contributed by atoms with E-state index < -0.39 is 21.8 Å². The number of amides is 2. The lowest BCUT2D eigenvalue weighted by Crippen LogP contribution is -2.50. The zero-order valence-electron chi connectivity index (χ0n) is 16.0. The van der Waals surface area contributed by atoms with Crippen LogP contribution >= 0.6 is 0 Å². The molecule has 2 fully saturated rings. The van der Waals surface area contributed by atoms with Crippen LogP contribution in [0.4, 0.5) is 0 Å². The van der Waals surface area contributed by atoms with Gasteiger partial charge in [0, 0.05) is 26.4 Å². The molecular weight excluding hydrogens is 370 g/mol. The number of ether oxygens (including phenoxy) is 1. The summed E-state index contributed by atoms with van der Waals surface area (Å²) in [6, 6.07) is 0.984. The van der Waals surface area contributed by atoms with Crippen LogP contribution in [-0.4, -0.2) is 73.0 Å². The predicted molar refractivity (Wildman–Crippen MR) is 100 cm³/mol. The number of aryl methyl sites for hydroxylation is 2. The Kier molecular flexibility index (Phi) is 5.62. The lowest BCUT2D eigenvalue weighted by molar-refractivity contribution is -0.137. The zero-order chi connectivity index (χ0) is 19.8. The van der Waals surface area contributed by atoms with Gasteiger partial charge in [-0.3, -0.25) is 9.59 Å². The van der Waals surface area contributed by atoms with E-state index in [1.807, 2.05) is 19.9 Å². The monoisotopic (exact) mass is 397 g/mol. The van der Waals surface area contributed by atoms with E-state index in [4.69, 9.17) is 4.74 Å². The van der Waals surface area contributed by atoms with Crippen LogP contribution in [0.1, 0.15) is 29.4 Å². The Morgan fingerprint density at radius 2 is 2.04 bits per heavy atom. The summed E-state index contributed by atoms with van der Waals surface area (Å²) in [6.07, 6.45) is 2.49. The van der Waals surface area contributed by atoms with E-state index >= 15 is 0 Å². The first-order chi connectivity index (χ1) is 12.7. The quantitative estimate of drug-likeness (QED) is 0.781. The molecule has 3 heterocycles. The molecule has 0 saturated carbocycles. The third-order valence-electron chi connectivity index (χ3n) is 5.34. The van der Waals surface area contributed by atoms with Crippen molar-refractivity contribution in [2.24, 2.45) is 13.0 Å². The van der Waals surface area contributed by atoms with Crippen molar-refractivity contribution in [3.05, 3.63) is 23.5 Å². The molecule has 0 aliphatic carbocycles. The molecule has 0 bridgehead atoms. The highest BCUT2D eigenvalue weighted by molar-refractivity contribution is 7.91. The average Bonchev–Trinajstić information content (AvgIpc) is 2.97. The predicted octanol–water partition coefficient (Wildman–Crippen LogP) is 0.114. The fourth-order valence-corrected chi connectivity index (χ4v) is 5.83. The number of nitrogens with zero attached hydrogens (tertiary/aromatic N) is 2. The molecule has 2 aliphatic heterocycles. The van der Waals surface area contributed by atoms with Gasteiger partial charge in [-0.1, -0.05) is 0 Å². The third-order valence-corrected chi connectivity index (χ3v) is 7.07. The van der Waals surface area contributed by atoms with Crippen LogP contribution in [0.5, 0.6) is 0 Å². The van der Waals surface area contributed by atoms with E-state index in [1.165, 1.54) is 0 Å². The highest BCUT2D eigenvalue weighted by Crippen LogP contribution is 2.24. The second kappa shape index (κ2) is 7.63. The molecule has 2 saturated heterocycles. The van der Waals surface area contributed by atoms with Gasteiger partial charge in [0.1, 0.15) is 5.69 Å². The Balaban J connectivity index is 1.80. The number of hydrogen-bond donors (Lipinski definition) is 1. The summed E-state index contributed by atoms with van der Waals surface area (Å²) in [6.45, 7) is 5.28. The zero-order valence-corrected chi connectivity index (χ0v) is 16.8. The molecule has 150 valence electrons. The maximum atomic E-state index is 13.1. The van der Waals surface area contributed by atoms with Gasteiger partial charge in [-0.05, 0) is 31.9 Å². The first kappa shape index (κ1) is 19.9. The Labute approximate surface area is 159 Å². The van der Waals surface area contributed by atoms with Crippen molar-refractivity contribution in [3.63, 3.8) is 0 Å². The smallest absolute Gasteiger partial charge is 0.268 e. The standard InChI is InChI=1S/C18H27N3O5S/c1-12-5-7-20(3)16(12)17(22)19-15-11-27(24,25)10-14(15)18(23)21-6-4-8-26-9-13(21)2/h5,7,13-15H,4,6,8-11H2,1-3H3,(H,19,22)/t13?,14-,15-/m1/s1. The van der Waals surface area contributed by atoms with Crippen molar-refractivity contribution in [2.45, 2.75) is 32.4 Å². The molecule has 1 N–H and O–H groups in total. The fourth-order valence-electron chi connectivity index (χ4n) is 3.91. The molecule has 2 aliphatic rings. The van der Waals surface area contributed by atoms with Crippen LogP contribution in [0.15, 0.2) is 12.3 Å². The maximum absolute atomic E-state index is 13.1. The minimum Gasteiger partial charge on any atom is -0.379 e. The molecule has 0 radical (unpaired) electrons. The summed E-state index contributed by atoms with van der Waals surface area (Å²) in [5, 5.41) is 2.80. The maximum Gasteiger partial charge on any atom is 0.268 e. The molecule has 3 rings (SSSR count). The first-order valence-electron chi connectivity index (χ1n) is 9.21. The van der Waals surface area contributed by atoms with Crippen LogP contribution in [0.3, 0.4) is 0 Å². The number of aromatic nitrogens is 1. The lowest BCUT2D eigenvalue weighted by atomic mass is 10.0. The van der Waals surface area contributed by atoms with E-state index in [0.717, 1.165) is 12.0 Å². The average molecular weight is 397 g/mol. The van der Waals surface area contributed by atoms with E-state index in [9.17, 15) is 18.0 Å². The number of rotatable bonds is 3. The number of carbonyl (C=O) groups is 2. The Bertz CT molecular complexity index is 813. The molecule has 1 unspecified atom stereocenters. The number of sulfone groups is 1. The molecule has 8 nitrogen and oxygen atoms in total. The SMILES string of the molecule is Cc1ccn(C)c1C(=O)N[C@@H]1CS(=O)(=O)C[C@H]1C(=O)N1CCCOCC1C. The minimum absolute atomic E-state index is 0.116. The molecule has 0 spiro atoms. The normalized spacial score (nSPS) is 28.0. The topological polar surface area (TPSA) is 97.7 Å². The van der Waals surface area contributed by atoms with E-state index in [-0.39, 0.29) is 29.4 Å². The molecule has 27 heavy (non-hydrogen) atoms. The van der Waals surface area contributed by atoms with Crippen LogP contribution in [0, 0.1) is 12.8 Å². The van der Waals surface area contributed by atoms with Crippen LogP contribution < -0.4 is 5.32 Å². The Hall–Kier alpha value is -1.87. The summed E-state index contributed by atoms with van der Waals surface area (Å²) in [4.78, 5) is 27.5. The lowest BCUT2D eigenvalue weighted by Gasteiger charge is -2.31. The second-order valence-electron chi connectivity index (χ2n) is 7.53. The van der Waals surface area contributed by atoms with Gasteiger partial charge >= 0.3 is 0 Å². The van der Waals surface area contributed by atoms with Gasteiger partial charge in [-0.25, -0.2) is 8.42 Å². The van der Waals surface area contributed by atoms with Gasteiger partial charge < -0.3 is 19.5 Å². The van der Waals surface area contributed by atoms with Crippen LogP contribution in [-0.2, 0) is 26.4 Å². The molecule has 1 aromatic rings. The molecular formula is C18H27N3O5S. The second-order valence-corrected chi connectivity index (χ2v) is 9.68. The van der Waals surface area contributed by atoms with Crippen molar-refractivity contribution in [1.82, 2.24) is 14.8 Å². The molecule has 1 aromatic heterocycles. The Morgan fingerprint density at radius 1 is 1.30 bits per heavy atom. The fraction of sp³-hybridized carbons (Fsp3) is 0.667. The van der Waals surface area contributed by atoms with Crippen molar-refractivity contribution < 1.29 is 22.7 Å². The minimum atomic E-state index is -3.39. The summed E-state index contributed by atoms with van der Waals surface area (Å²) in [5.74, 6) is -1.78. The molecule has 0 aromatic carbocycles. The van der Waals surface area contributed by atoms with Gasteiger partial charge in [0.2, 0.25) is 5.91 Å². The third kappa shape index (κ3) is 4.19. The van der Waals surface area contributed by atoms with E-state index in [2.05, 4.69) is 5.32 Å². The van der Waals surface area contributed by atoms with Crippen molar-refractivity contribution in [1.29, 1.82) is 0 Å². The van der Waals surface area contributed by atoms with Crippen molar-refractivity contribution >= 4 is 21.7 Å². The van der Waals surface area contributed by atoms with Crippen LogP contribution in [0.25, 0.3) is 0 Å². The van der Waals surface area contributed by atoms with Crippen LogP contribution in [0.2, 0.25) is 0 Å².